The van der Waals surface area contributed by atoms with E-state index in [1.54, 1.807) is 0 Å². The summed E-state index contributed by atoms with van der Waals surface area (Å²) in [6.45, 7) is 0. The molecule has 0 heterocycles. The van der Waals surface area contributed by atoms with Crippen molar-refractivity contribution in [2.45, 2.75) is 0 Å². The second kappa shape index (κ2) is 1200. The Morgan fingerprint density at radius 1 is 0.333 bits per heavy atom. The molecule has 0 saturated carbocycles. The van der Waals surface area contributed by atoms with E-state index in [0.717, 1.165) is 0 Å². The Hall–Kier alpha value is 0.285. The van der Waals surface area contributed by atoms with Crippen molar-refractivity contribution in [1.29, 1.82) is 0 Å². The first-order valence-electron chi connectivity index (χ1n) is 0. The van der Waals surface area contributed by atoms with E-state index in [1.165, 1.54) is 0 Å². The van der Waals surface area contributed by atoms with Crippen LogP contribution in [0.3, 0.4) is 0 Å². The quantitative estimate of drug-likeness (QED) is 0.263. The molecule has 0 aliphatic heterocycles. The molecule has 38 valence electrons. The summed E-state index contributed by atoms with van der Waals surface area (Å²) in [5.74, 6) is 0. The predicted molar refractivity (Wildman–Crippen MR) is 53.3 cm³/mol. The zero-order chi connectivity index (χ0) is 0. The van der Waals surface area contributed by atoms with Gasteiger partial charge in [0.05, 0.1) is 42.1 Å². The fraction of sp³-hybridized carbons (Fsp3) is 0. The highest BCUT2D eigenvalue weighted by atomic mass is 16.0. The van der Waals surface area contributed by atoms with Gasteiger partial charge in [-0.25, -0.2) is 0 Å². The lowest BCUT2D eigenvalue weighted by Gasteiger charge is -0.412. The molecule has 0 amide bonds. The molecule has 6 heavy (non-hydrogen) atoms. The van der Waals surface area contributed by atoms with E-state index in [4.69, 9.17) is 0 Å². The van der Waals surface area contributed by atoms with Crippen LogP contribution in [0.15, 0.2) is 0 Å². The fourth-order valence-electron chi connectivity index (χ4n) is 0. The highest BCUT2D eigenvalue weighted by Crippen LogP contribution is -0.289. The van der Waals surface area contributed by atoms with Gasteiger partial charge in [-0.15, -0.1) is 0 Å². The van der Waals surface area contributed by atoms with Crippen LogP contribution in [0.2, 0.25) is 0 Å². The van der Waals surface area contributed by atoms with Crippen molar-refractivity contribution >= 4 is 42.1 Å². The van der Waals surface area contributed by atoms with Crippen LogP contribution in [0.5, 0.6) is 0 Å². The zero-order valence-electron chi connectivity index (χ0n) is 0.500. The highest BCUT2D eigenvalue weighted by molar-refractivity contribution is 5.76. The third-order valence-corrected chi connectivity index (χ3v) is 0. The minimum absolute atomic E-state index is 0. The summed E-state index contributed by atoms with van der Waals surface area (Å²) in [5, 5.41) is 0. The van der Waals surface area contributed by atoms with Crippen molar-refractivity contribution in [1.82, 2.24) is 0 Å². The molecule has 0 atom stereocenters. The van der Waals surface area contributed by atoms with Gasteiger partial charge >= 0.3 is 0 Å². The van der Waals surface area contributed by atoms with Gasteiger partial charge < -0.3 is 5.48 Å². The van der Waals surface area contributed by atoms with E-state index in [2.05, 4.69) is 0 Å². The molecule has 0 saturated heterocycles. The largest absolute Gasteiger partial charge is 0.412 e. The molecule has 1 nitrogen and oxygen atoms in total. The lowest BCUT2D eigenvalue weighted by atomic mass is 10.8. The third-order valence-electron chi connectivity index (χ3n) is 0. The maximum atomic E-state index is 0. The van der Waals surface area contributed by atoms with Gasteiger partial charge in [-0.3, -0.25) is 0 Å². The van der Waals surface area contributed by atoms with Crippen LogP contribution in [-0.4, -0.2) is 47.5 Å². The Morgan fingerprint density at radius 2 is 0.333 bits per heavy atom. The smallest absolute Gasteiger partial charge is 0.0814 e. The van der Waals surface area contributed by atoms with Gasteiger partial charge in [-0.05, 0) is 0 Å². The molecule has 0 aromatic carbocycles. The summed E-state index contributed by atoms with van der Waals surface area (Å²) in [7, 11) is 0. The molecule has 0 fully saturated rings. The Morgan fingerprint density at radius 3 is 0.333 bits per heavy atom. The van der Waals surface area contributed by atoms with Crippen LogP contribution in [0.1, 0.15) is 0 Å². The maximum absolute atomic E-state index is 0. The molecular weight excluding hydrogens is 70.1 g/mol. The van der Waals surface area contributed by atoms with Crippen molar-refractivity contribution in [3.05, 3.63) is 0 Å². The SMILES string of the molecule is B.B.B.B.B.O. The molecule has 0 rings (SSSR count). The van der Waals surface area contributed by atoms with Crippen LogP contribution in [0, 0.1) is 0 Å². The van der Waals surface area contributed by atoms with Gasteiger partial charge in [-0.1, -0.05) is 0 Å². The Labute approximate surface area is 48.5 Å². The molecule has 0 aromatic heterocycles. The summed E-state index contributed by atoms with van der Waals surface area (Å²) in [6, 6.07) is 0. The number of rotatable bonds is 0. The van der Waals surface area contributed by atoms with Crippen molar-refractivity contribution in [3.63, 3.8) is 0 Å². The second-order valence-corrected chi connectivity index (χ2v) is 0. The maximum Gasteiger partial charge on any atom is 0.0814 e. The molecule has 2 N–H and O–H groups in total. The first-order chi connectivity index (χ1) is 0. The molecule has 0 aliphatic rings. The zero-order valence-corrected chi connectivity index (χ0v) is 0.500. The standard InChI is InChI=1S/5BH3.H2O/h5*1H3;1H2. The average Bonchev–Trinajstić information content (AvgIpc) is 0. The van der Waals surface area contributed by atoms with Crippen molar-refractivity contribution < 1.29 is 5.48 Å². The van der Waals surface area contributed by atoms with Crippen LogP contribution >= 0.6 is 0 Å². The van der Waals surface area contributed by atoms with Crippen LogP contribution in [-0.2, 0) is 0 Å². The molecule has 0 aliphatic carbocycles. The Bertz CT molecular complexity index is 3.90. The Balaban J connectivity index is 0. The molecule has 0 bridgehead atoms. The summed E-state index contributed by atoms with van der Waals surface area (Å²) >= 11 is 0. The van der Waals surface area contributed by atoms with E-state index < -0.39 is 0 Å². The molecule has 0 unspecified atom stereocenters. The lowest BCUT2D eigenvalue weighted by Crippen LogP contribution is -0.382. The third kappa shape index (κ3) is 570. The van der Waals surface area contributed by atoms with Crippen LogP contribution in [0.25, 0.3) is 0 Å². The first kappa shape index (κ1) is 2170. The summed E-state index contributed by atoms with van der Waals surface area (Å²) in [6.07, 6.45) is 0. The van der Waals surface area contributed by atoms with Gasteiger partial charge in [0.25, 0.3) is 0 Å². The van der Waals surface area contributed by atoms with Crippen molar-refractivity contribution in [2.75, 3.05) is 0 Å². The van der Waals surface area contributed by atoms with E-state index in [0.29, 0.717) is 0 Å². The highest BCUT2D eigenvalue weighted by Gasteiger charge is 0.0854. The van der Waals surface area contributed by atoms with Gasteiger partial charge in [0, 0.05) is 0 Å². The summed E-state index contributed by atoms with van der Waals surface area (Å²) in [4.78, 5) is 0. The molecular formula is H17B5O. The summed E-state index contributed by atoms with van der Waals surface area (Å²) in [5.41, 5.74) is 0. The van der Waals surface area contributed by atoms with Gasteiger partial charge in [0.1, 0.15) is 0 Å². The molecule has 6 heteroatoms. The molecule has 0 aromatic rings. The van der Waals surface area contributed by atoms with Crippen LogP contribution < -0.4 is 0 Å². The van der Waals surface area contributed by atoms with E-state index >= 15 is 0 Å². The van der Waals surface area contributed by atoms with E-state index in [1.807, 2.05) is 0 Å². The van der Waals surface area contributed by atoms with Crippen molar-refractivity contribution in [3.8, 4) is 0 Å². The molecule has 0 radical (unpaired) electrons. The first-order valence-corrected chi connectivity index (χ1v) is 0. The van der Waals surface area contributed by atoms with Crippen molar-refractivity contribution in [2.24, 2.45) is 0 Å². The van der Waals surface area contributed by atoms with Gasteiger partial charge in [0.2, 0.25) is 0 Å². The fourth-order valence-corrected chi connectivity index (χ4v) is 0. The van der Waals surface area contributed by atoms with Gasteiger partial charge in [0.15, 0.2) is 0 Å². The normalized spacial score (nSPS) is 0. The minimum Gasteiger partial charge on any atom is -0.412 e. The lowest BCUT2D eigenvalue weighted by molar-refractivity contribution is 0.824. The van der Waals surface area contributed by atoms with Crippen LogP contribution in [0.4, 0.5) is 0 Å². The minimum atomic E-state index is 0. The predicted octanol–water partition coefficient (Wildman–Crippen LogP) is -6.74. The average molecular weight is 87.2 g/mol. The number of hydrogen-bond donors (Lipinski definition) is 0. The van der Waals surface area contributed by atoms with Gasteiger partial charge in [-0.2, -0.15) is 0 Å². The Kier molecular flexibility index (Phi) is 432000. The van der Waals surface area contributed by atoms with E-state index in [9.17, 15) is 0 Å². The topological polar surface area (TPSA) is 31.5 Å². The monoisotopic (exact) mass is 88.2 g/mol. The number of hydrogen-bond acceptors (Lipinski definition) is 0. The van der Waals surface area contributed by atoms with E-state index in [-0.39, 0.29) is 47.5 Å². The second-order valence-electron chi connectivity index (χ2n) is 0. The summed E-state index contributed by atoms with van der Waals surface area (Å²) < 4.78 is 0. The molecule has 0 spiro atoms.